The molecule has 1 N–H and O–H groups in total. The Hall–Kier alpha value is -3.23. The van der Waals surface area contributed by atoms with Crippen LogP contribution < -0.4 is 5.32 Å². The van der Waals surface area contributed by atoms with E-state index in [4.69, 9.17) is 0 Å². The number of nitrogens with zero attached hydrogens (tertiary/aromatic N) is 3. The van der Waals surface area contributed by atoms with Crippen LogP contribution in [0.5, 0.6) is 0 Å². The molecule has 3 rings (SSSR count). The van der Waals surface area contributed by atoms with Crippen LogP contribution in [0, 0.1) is 26.6 Å². The number of aryl methyl sites for hydroxylation is 2. The number of anilines is 1. The van der Waals surface area contributed by atoms with E-state index in [1.807, 2.05) is 0 Å². The highest BCUT2D eigenvalue weighted by Gasteiger charge is 2.31. The summed E-state index contributed by atoms with van der Waals surface area (Å²) in [6.45, 7) is 5.16. The maximum absolute atomic E-state index is 13.8. The Labute approximate surface area is 164 Å². The maximum atomic E-state index is 13.8. The highest BCUT2D eigenvalue weighted by Crippen LogP contribution is 2.29. The van der Waals surface area contributed by atoms with Crippen molar-refractivity contribution in [3.05, 3.63) is 70.4 Å². The molecular formula is C20H18F4N4O. The number of pyridine rings is 1. The topological polar surface area (TPSA) is 59.8 Å². The van der Waals surface area contributed by atoms with Crippen molar-refractivity contribution in [2.45, 2.75) is 33.4 Å². The van der Waals surface area contributed by atoms with E-state index in [0.29, 0.717) is 17.0 Å². The number of halogens is 4. The van der Waals surface area contributed by atoms with E-state index in [0.717, 1.165) is 17.8 Å². The molecule has 0 radical (unpaired) electrons. The molecule has 0 aliphatic heterocycles. The minimum Gasteiger partial charge on any atom is -0.323 e. The van der Waals surface area contributed by atoms with Crippen molar-refractivity contribution in [1.82, 2.24) is 14.8 Å². The zero-order valence-electron chi connectivity index (χ0n) is 15.9. The third-order valence-corrected chi connectivity index (χ3v) is 4.47. The van der Waals surface area contributed by atoms with Gasteiger partial charge in [0.25, 0.3) is 0 Å². The van der Waals surface area contributed by atoms with Crippen molar-refractivity contribution < 1.29 is 22.4 Å². The van der Waals surface area contributed by atoms with E-state index in [2.05, 4.69) is 15.4 Å². The number of rotatable bonds is 4. The molecule has 0 unspecified atom stereocenters. The number of alkyl halides is 3. The molecule has 0 aliphatic rings. The summed E-state index contributed by atoms with van der Waals surface area (Å²) in [5, 5.41) is 6.82. The van der Waals surface area contributed by atoms with Crippen molar-refractivity contribution in [2.24, 2.45) is 0 Å². The molecule has 1 amide bonds. The molecule has 2 aromatic heterocycles. The fourth-order valence-corrected chi connectivity index (χ4v) is 2.92. The Morgan fingerprint density at radius 2 is 1.86 bits per heavy atom. The van der Waals surface area contributed by atoms with Crippen LogP contribution >= 0.6 is 0 Å². The first-order valence-electron chi connectivity index (χ1n) is 8.71. The zero-order valence-corrected chi connectivity index (χ0v) is 15.9. The fraction of sp³-hybridized carbons (Fsp3) is 0.250. The second-order valence-corrected chi connectivity index (χ2v) is 6.67. The molecule has 152 valence electrons. The largest absolute Gasteiger partial charge is 0.417 e. The highest BCUT2D eigenvalue weighted by atomic mass is 19.4. The van der Waals surface area contributed by atoms with E-state index in [1.165, 1.54) is 22.9 Å². The number of carbonyl (C=O) groups is 1. The monoisotopic (exact) mass is 406 g/mol. The van der Waals surface area contributed by atoms with E-state index in [9.17, 15) is 22.4 Å². The van der Waals surface area contributed by atoms with Gasteiger partial charge >= 0.3 is 6.18 Å². The van der Waals surface area contributed by atoms with E-state index < -0.39 is 23.5 Å². The summed E-state index contributed by atoms with van der Waals surface area (Å²) >= 11 is 0. The van der Waals surface area contributed by atoms with Gasteiger partial charge in [0.15, 0.2) is 5.82 Å². The first-order valence-corrected chi connectivity index (χ1v) is 8.71. The van der Waals surface area contributed by atoms with Gasteiger partial charge in [0, 0.05) is 17.5 Å². The minimum atomic E-state index is -4.48. The Kier molecular flexibility index (Phi) is 5.41. The molecule has 0 bridgehead atoms. The van der Waals surface area contributed by atoms with E-state index >= 15 is 0 Å². The van der Waals surface area contributed by atoms with E-state index in [1.54, 1.807) is 26.8 Å². The van der Waals surface area contributed by atoms with Crippen LogP contribution in [0.1, 0.15) is 28.1 Å². The molecule has 2 heterocycles. The minimum absolute atomic E-state index is 0.0638. The van der Waals surface area contributed by atoms with Gasteiger partial charge in [0.1, 0.15) is 5.82 Å². The maximum Gasteiger partial charge on any atom is 0.417 e. The second kappa shape index (κ2) is 7.65. The van der Waals surface area contributed by atoms with Gasteiger partial charge in [-0.3, -0.25) is 4.79 Å². The number of nitrogens with one attached hydrogen (secondary N) is 1. The molecular weight excluding hydrogens is 388 g/mol. The van der Waals surface area contributed by atoms with E-state index in [-0.39, 0.29) is 17.9 Å². The third kappa shape index (κ3) is 4.44. The Bertz CT molecular complexity index is 1060. The molecule has 0 saturated heterocycles. The van der Waals surface area contributed by atoms with Gasteiger partial charge in [0.05, 0.1) is 23.4 Å². The average molecular weight is 406 g/mol. The summed E-state index contributed by atoms with van der Waals surface area (Å²) in [5.74, 6) is -0.766. The second-order valence-electron chi connectivity index (χ2n) is 6.67. The lowest BCUT2D eigenvalue weighted by molar-refractivity contribution is -0.137. The zero-order chi connectivity index (χ0) is 21.3. The molecule has 0 aliphatic carbocycles. The molecule has 0 fully saturated rings. The van der Waals surface area contributed by atoms with Crippen LogP contribution in [-0.4, -0.2) is 20.7 Å². The standard InChI is InChI=1S/C20H18F4N4O/c1-11-4-6-16(21)17(8-11)26-19(29)9-15-12(2)27-28(13(15)3)18-7-5-14(10-25-18)20(22,23)24/h4-8,10H,9H2,1-3H3,(H,26,29). The highest BCUT2D eigenvalue weighted by molar-refractivity contribution is 5.92. The van der Waals surface area contributed by atoms with Crippen LogP contribution in [0.4, 0.5) is 23.2 Å². The molecule has 1 aromatic carbocycles. The van der Waals surface area contributed by atoms with Crippen molar-refractivity contribution in [3.63, 3.8) is 0 Å². The van der Waals surface area contributed by atoms with Gasteiger partial charge in [-0.25, -0.2) is 14.1 Å². The predicted molar refractivity (Wildman–Crippen MR) is 99.3 cm³/mol. The quantitative estimate of drug-likeness (QED) is 0.648. The smallest absolute Gasteiger partial charge is 0.323 e. The van der Waals surface area contributed by atoms with Gasteiger partial charge in [-0.15, -0.1) is 0 Å². The fourth-order valence-electron chi connectivity index (χ4n) is 2.92. The summed E-state index contributed by atoms with van der Waals surface area (Å²) in [6, 6.07) is 6.54. The molecule has 3 aromatic rings. The lowest BCUT2D eigenvalue weighted by atomic mass is 10.1. The summed E-state index contributed by atoms with van der Waals surface area (Å²) < 4.78 is 53.4. The molecule has 0 saturated carbocycles. The average Bonchev–Trinajstić information content (AvgIpc) is 2.92. The lowest BCUT2D eigenvalue weighted by Gasteiger charge is -2.09. The summed E-state index contributed by atoms with van der Waals surface area (Å²) in [7, 11) is 0. The summed E-state index contributed by atoms with van der Waals surface area (Å²) in [6.07, 6.45) is -3.81. The Morgan fingerprint density at radius 3 is 2.48 bits per heavy atom. The number of hydrogen-bond acceptors (Lipinski definition) is 3. The van der Waals surface area contributed by atoms with Crippen molar-refractivity contribution >= 4 is 11.6 Å². The molecule has 9 heteroatoms. The normalized spacial score (nSPS) is 11.6. The van der Waals surface area contributed by atoms with Gasteiger partial charge in [0.2, 0.25) is 5.91 Å². The SMILES string of the molecule is Cc1ccc(F)c(NC(=O)Cc2c(C)nn(-c3ccc(C(F)(F)F)cn3)c2C)c1. The van der Waals surface area contributed by atoms with Gasteiger partial charge in [-0.2, -0.15) is 18.3 Å². The third-order valence-electron chi connectivity index (χ3n) is 4.47. The predicted octanol–water partition coefficient (Wildman–Crippen LogP) is 4.53. The number of aromatic nitrogens is 3. The van der Waals surface area contributed by atoms with Crippen molar-refractivity contribution in [2.75, 3.05) is 5.32 Å². The van der Waals surface area contributed by atoms with Gasteiger partial charge in [-0.1, -0.05) is 6.07 Å². The van der Waals surface area contributed by atoms with Gasteiger partial charge in [-0.05, 0) is 50.6 Å². The van der Waals surface area contributed by atoms with Gasteiger partial charge < -0.3 is 5.32 Å². The first-order chi connectivity index (χ1) is 13.6. The summed E-state index contributed by atoms with van der Waals surface area (Å²) in [5.41, 5.74) is 1.72. The number of benzene rings is 1. The number of hydrogen-bond donors (Lipinski definition) is 1. The van der Waals surface area contributed by atoms with Crippen LogP contribution in [0.15, 0.2) is 36.5 Å². The number of amides is 1. The molecule has 29 heavy (non-hydrogen) atoms. The summed E-state index contributed by atoms with van der Waals surface area (Å²) in [4.78, 5) is 16.2. The first kappa shape index (κ1) is 20.5. The van der Waals surface area contributed by atoms with Crippen LogP contribution in [0.25, 0.3) is 5.82 Å². The Balaban J connectivity index is 1.82. The van der Waals surface area contributed by atoms with Crippen LogP contribution in [-0.2, 0) is 17.4 Å². The lowest BCUT2D eigenvalue weighted by Crippen LogP contribution is -2.16. The van der Waals surface area contributed by atoms with Crippen LogP contribution in [0.3, 0.4) is 0 Å². The van der Waals surface area contributed by atoms with Crippen molar-refractivity contribution in [3.8, 4) is 5.82 Å². The van der Waals surface area contributed by atoms with Crippen LogP contribution in [0.2, 0.25) is 0 Å². The van der Waals surface area contributed by atoms with Crippen molar-refractivity contribution in [1.29, 1.82) is 0 Å². The molecule has 5 nitrogen and oxygen atoms in total. The Morgan fingerprint density at radius 1 is 1.14 bits per heavy atom. The molecule has 0 spiro atoms. The molecule has 0 atom stereocenters. The number of carbonyl (C=O) groups excluding carboxylic acids is 1.